The fourth-order valence-electron chi connectivity index (χ4n) is 4.89. The minimum absolute atomic E-state index is 0.281. The predicted molar refractivity (Wildman–Crippen MR) is 90.0 cm³/mol. The van der Waals surface area contributed by atoms with E-state index in [1.807, 2.05) is 6.21 Å². The van der Waals surface area contributed by atoms with Gasteiger partial charge in [0, 0.05) is 24.7 Å². The van der Waals surface area contributed by atoms with Crippen LogP contribution in [0.4, 0.5) is 0 Å². The number of nitrogens with zero attached hydrogens (tertiary/aromatic N) is 2. The van der Waals surface area contributed by atoms with Crippen LogP contribution >= 0.6 is 0 Å². The Morgan fingerprint density at radius 2 is 2.32 bits per heavy atom. The molecule has 0 spiro atoms. The zero-order valence-corrected chi connectivity index (χ0v) is 13.1. The van der Waals surface area contributed by atoms with Crippen LogP contribution in [0.2, 0.25) is 0 Å². The fraction of sp³-hybridized carbons (Fsp3) is 0.632. The number of allylic oxidation sites excluding steroid dienone is 2. The molecule has 2 bridgehead atoms. The van der Waals surface area contributed by atoms with Gasteiger partial charge in [-0.05, 0) is 55.7 Å². The van der Waals surface area contributed by atoms with Crippen LogP contribution in [0.3, 0.4) is 0 Å². The Morgan fingerprint density at radius 3 is 3.09 bits per heavy atom. The maximum atomic E-state index is 11.1. The first kappa shape index (κ1) is 14.4. The number of aliphatic hydroxyl groups is 1. The largest absolute Gasteiger partial charge is 0.387 e. The van der Waals surface area contributed by atoms with E-state index in [0.717, 1.165) is 32.4 Å². The molecule has 0 aromatic heterocycles. The first-order valence-electron chi connectivity index (χ1n) is 8.72. The Kier molecular flexibility index (Phi) is 3.79. The van der Waals surface area contributed by atoms with E-state index < -0.39 is 0 Å². The summed E-state index contributed by atoms with van der Waals surface area (Å²) in [5, 5.41) is 11.1. The zero-order valence-electron chi connectivity index (χ0n) is 13.1. The fourth-order valence-corrected chi connectivity index (χ4v) is 4.89. The highest BCUT2D eigenvalue weighted by molar-refractivity contribution is 5.74. The Hall–Kier alpha value is -1.19. The molecule has 22 heavy (non-hydrogen) atoms. The highest BCUT2D eigenvalue weighted by Crippen LogP contribution is 2.41. The van der Waals surface area contributed by atoms with Crippen molar-refractivity contribution in [1.82, 2.24) is 4.90 Å². The minimum atomic E-state index is -0.351. The van der Waals surface area contributed by atoms with Crippen LogP contribution in [0, 0.1) is 17.8 Å². The van der Waals surface area contributed by atoms with Crippen LogP contribution in [-0.2, 0) is 0 Å². The van der Waals surface area contributed by atoms with Gasteiger partial charge in [-0.15, -0.1) is 6.58 Å². The van der Waals surface area contributed by atoms with E-state index in [4.69, 9.17) is 0 Å². The average molecular weight is 298 g/mol. The standard InChI is InChI=1S/C19H26N2O/c1-2-13-12-21-10-8-14(13)11-18(21)19(22)16-7-9-20-17-6-4-3-5-15(16)17/h2-3,5,7,9,13-15,17-19,22H,1,4,6,8,10-12H2/t13?,14?,15?,17?,18?,19-/m1/s1. The lowest BCUT2D eigenvalue weighted by Crippen LogP contribution is -2.58. The molecule has 6 unspecified atom stereocenters. The topological polar surface area (TPSA) is 35.8 Å². The second-order valence-electron chi connectivity index (χ2n) is 7.25. The number of fused-ring (bicyclic) bond motifs is 4. The minimum Gasteiger partial charge on any atom is -0.387 e. The van der Waals surface area contributed by atoms with Gasteiger partial charge in [-0.3, -0.25) is 9.89 Å². The SMILES string of the molecule is C=CC1CN2CCC1CC2[C@H](O)C1=CC=NC2CCC=CC12. The van der Waals surface area contributed by atoms with Gasteiger partial charge >= 0.3 is 0 Å². The van der Waals surface area contributed by atoms with Crippen molar-refractivity contribution in [3.8, 4) is 0 Å². The lowest BCUT2D eigenvalue weighted by molar-refractivity contribution is -0.0341. The van der Waals surface area contributed by atoms with Crippen molar-refractivity contribution in [1.29, 1.82) is 0 Å². The molecule has 0 aromatic carbocycles. The third kappa shape index (κ3) is 2.31. The third-order valence-electron chi connectivity index (χ3n) is 6.18. The second-order valence-corrected chi connectivity index (χ2v) is 7.25. The van der Waals surface area contributed by atoms with E-state index in [1.54, 1.807) is 0 Å². The van der Waals surface area contributed by atoms with E-state index in [9.17, 15) is 5.11 Å². The number of piperidine rings is 3. The molecule has 3 nitrogen and oxygen atoms in total. The molecule has 5 rings (SSSR count). The van der Waals surface area contributed by atoms with Crippen molar-refractivity contribution in [2.45, 2.75) is 43.9 Å². The van der Waals surface area contributed by atoms with Crippen LogP contribution in [0.1, 0.15) is 25.7 Å². The molecule has 3 heteroatoms. The van der Waals surface area contributed by atoms with E-state index in [1.165, 1.54) is 12.0 Å². The van der Waals surface area contributed by atoms with Crippen molar-refractivity contribution in [3.05, 3.63) is 36.5 Å². The average Bonchev–Trinajstić information content (AvgIpc) is 2.60. The Bertz CT molecular complexity index is 536. The predicted octanol–water partition coefficient (Wildman–Crippen LogP) is 2.59. The first-order chi connectivity index (χ1) is 10.8. The number of aliphatic imine (C=N–C) groups is 1. The van der Waals surface area contributed by atoms with Gasteiger partial charge in [-0.2, -0.15) is 0 Å². The van der Waals surface area contributed by atoms with Crippen molar-refractivity contribution in [3.63, 3.8) is 0 Å². The smallest absolute Gasteiger partial charge is 0.0915 e. The summed E-state index contributed by atoms with van der Waals surface area (Å²) in [6, 6.07) is 0.625. The molecule has 3 saturated heterocycles. The van der Waals surface area contributed by atoms with E-state index >= 15 is 0 Å². The molecule has 4 heterocycles. The van der Waals surface area contributed by atoms with Gasteiger partial charge in [0.05, 0.1) is 12.1 Å². The number of dihydropyridines is 1. The maximum Gasteiger partial charge on any atom is 0.0915 e. The number of hydrogen-bond acceptors (Lipinski definition) is 3. The van der Waals surface area contributed by atoms with Crippen molar-refractivity contribution in [2.75, 3.05) is 13.1 Å². The normalized spacial score (nSPS) is 44.3. The zero-order chi connectivity index (χ0) is 15.1. The van der Waals surface area contributed by atoms with Gasteiger partial charge < -0.3 is 5.11 Å². The molecule has 0 amide bonds. The molecule has 7 atom stereocenters. The molecule has 0 saturated carbocycles. The molecule has 4 aliphatic heterocycles. The van der Waals surface area contributed by atoms with Crippen molar-refractivity contribution in [2.24, 2.45) is 22.7 Å². The quantitative estimate of drug-likeness (QED) is 0.813. The summed E-state index contributed by atoms with van der Waals surface area (Å²) in [7, 11) is 0. The van der Waals surface area contributed by atoms with Crippen LogP contribution < -0.4 is 0 Å². The van der Waals surface area contributed by atoms with Crippen LogP contribution in [0.15, 0.2) is 41.4 Å². The monoisotopic (exact) mass is 298 g/mol. The van der Waals surface area contributed by atoms with E-state index in [0.29, 0.717) is 23.8 Å². The third-order valence-corrected chi connectivity index (χ3v) is 6.18. The highest BCUT2D eigenvalue weighted by atomic mass is 16.3. The Balaban J connectivity index is 1.55. The van der Waals surface area contributed by atoms with Crippen LogP contribution in [0.5, 0.6) is 0 Å². The van der Waals surface area contributed by atoms with Crippen LogP contribution in [0.25, 0.3) is 0 Å². The summed E-state index contributed by atoms with van der Waals surface area (Å²) >= 11 is 0. The van der Waals surface area contributed by atoms with E-state index in [2.05, 4.69) is 40.8 Å². The molecular formula is C19H26N2O. The summed E-state index contributed by atoms with van der Waals surface area (Å²) in [6.45, 7) is 6.19. The lowest BCUT2D eigenvalue weighted by atomic mass is 9.71. The van der Waals surface area contributed by atoms with Crippen molar-refractivity contribution < 1.29 is 5.11 Å². The Morgan fingerprint density at radius 1 is 1.41 bits per heavy atom. The molecule has 3 fully saturated rings. The lowest BCUT2D eigenvalue weighted by Gasteiger charge is -2.51. The molecular weight excluding hydrogens is 272 g/mol. The summed E-state index contributed by atoms with van der Waals surface area (Å²) in [4.78, 5) is 7.10. The second kappa shape index (κ2) is 5.78. The van der Waals surface area contributed by atoms with E-state index in [-0.39, 0.29) is 12.1 Å². The summed E-state index contributed by atoms with van der Waals surface area (Å²) < 4.78 is 0. The van der Waals surface area contributed by atoms with Gasteiger partial charge in [-0.1, -0.05) is 18.2 Å². The van der Waals surface area contributed by atoms with Gasteiger partial charge in [0.15, 0.2) is 0 Å². The number of hydrogen-bond donors (Lipinski definition) is 1. The molecule has 0 aromatic rings. The summed E-state index contributed by atoms with van der Waals surface area (Å²) in [5.74, 6) is 1.63. The molecule has 1 aliphatic carbocycles. The highest BCUT2D eigenvalue weighted by Gasteiger charge is 2.44. The first-order valence-corrected chi connectivity index (χ1v) is 8.72. The Labute approximate surface area is 133 Å². The van der Waals surface area contributed by atoms with Gasteiger partial charge in [0.1, 0.15) is 0 Å². The summed E-state index contributed by atoms with van der Waals surface area (Å²) in [6.07, 6.45) is 14.9. The maximum absolute atomic E-state index is 11.1. The summed E-state index contributed by atoms with van der Waals surface area (Å²) in [5.41, 5.74) is 1.18. The van der Waals surface area contributed by atoms with Crippen molar-refractivity contribution >= 4 is 6.21 Å². The molecule has 5 aliphatic rings. The molecule has 118 valence electrons. The van der Waals surface area contributed by atoms with Gasteiger partial charge in [0.2, 0.25) is 0 Å². The number of rotatable bonds is 3. The van der Waals surface area contributed by atoms with Gasteiger partial charge in [0.25, 0.3) is 0 Å². The molecule has 0 radical (unpaired) electrons. The number of aliphatic hydroxyl groups excluding tert-OH is 1. The van der Waals surface area contributed by atoms with Gasteiger partial charge in [-0.25, -0.2) is 0 Å². The van der Waals surface area contributed by atoms with Crippen LogP contribution in [-0.4, -0.2) is 47.5 Å². The molecule has 1 N–H and O–H groups in total.